The normalized spacial score (nSPS) is 12.1. The number of amides is 2. The van der Waals surface area contributed by atoms with Crippen LogP contribution < -0.4 is 5.73 Å². The predicted molar refractivity (Wildman–Crippen MR) is 98.5 cm³/mol. The molecule has 5 nitrogen and oxygen atoms in total. The van der Waals surface area contributed by atoms with E-state index in [2.05, 4.69) is 6.92 Å². The maximum Gasteiger partial charge on any atom is 0.251 e. The van der Waals surface area contributed by atoms with Gasteiger partial charge >= 0.3 is 0 Å². The quantitative estimate of drug-likeness (QED) is 0.422. The van der Waals surface area contributed by atoms with Crippen LogP contribution in [0.4, 0.5) is 0 Å². The average molecular weight is 343 g/mol. The van der Waals surface area contributed by atoms with Crippen LogP contribution >= 0.6 is 0 Å². The van der Waals surface area contributed by atoms with Gasteiger partial charge < -0.3 is 15.7 Å². The van der Waals surface area contributed by atoms with E-state index in [1.807, 2.05) is 6.92 Å². The number of hydrogen-bond donors (Lipinski definition) is 2. The molecule has 1 atom stereocenters. The molecule has 5 heteroatoms. The highest BCUT2D eigenvalue weighted by Crippen LogP contribution is 2.11. The summed E-state index contributed by atoms with van der Waals surface area (Å²) in [6, 6.07) is 0. The van der Waals surface area contributed by atoms with Gasteiger partial charge in [0.2, 0.25) is 5.91 Å². The summed E-state index contributed by atoms with van der Waals surface area (Å²) >= 11 is 0. The van der Waals surface area contributed by atoms with Gasteiger partial charge in [0.25, 0.3) is 5.91 Å². The first-order valence-corrected chi connectivity index (χ1v) is 9.78. The van der Waals surface area contributed by atoms with Crippen molar-refractivity contribution in [3.05, 3.63) is 0 Å². The molecule has 0 radical (unpaired) electrons. The van der Waals surface area contributed by atoms with E-state index in [0.29, 0.717) is 13.1 Å². The first-order chi connectivity index (χ1) is 11.5. The van der Waals surface area contributed by atoms with Crippen LogP contribution in [0.5, 0.6) is 0 Å². The Hall–Kier alpha value is -1.10. The van der Waals surface area contributed by atoms with Gasteiger partial charge in [-0.2, -0.15) is 0 Å². The Kier molecular flexibility index (Phi) is 14.7. The number of carbonyl (C=O) groups is 2. The fourth-order valence-electron chi connectivity index (χ4n) is 2.88. The Balaban J connectivity index is 3.81. The Morgan fingerprint density at radius 2 is 1.33 bits per heavy atom. The first kappa shape index (κ1) is 22.9. The SMILES string of the molecule is CCCCCCCCCCCCN(CCC)C(=O)C(O)CC(N)=O. The van der Waals surface area contributed by atoms with Crippen LogP contribution in [0, 0.1) is 0 Å². The van der Waals surface area contributed by atoms with E-state index >= 15 is 0 Å². The molecule has 0 rings (SSSR count). The average Bonchev–Trinajstić information content (AvgIpc) is 2.54. The molecule has 0 aliphatic carbocycles. The van der Waals surface area contributed by atoms with E-state index in [0.717, 1.165) is 19.3 Å². The number of carbonyl (C=O) groups excluding carboxylic acids is 2. The van der Waals surface area contributed by atoms with Gasteiger partial charge in [-0.15, -0.1) is 0 Å². The maximum atomic E-state index is 12.1. The summed E-state index contributed by atoms with van der Waals surface area (Å²) in [5.74, 6) is -1.02. The Morgan fingerprint density at radius 3 is 1.79 bits per heavy atom. The van der Waals surface area contributed by atoms with Gasteiger partial charge in [-0.1, -0.05) is 71.6 Å². The van der Waals surface area contributed by atoms with Crippen LogP contribution in [0.15, 0.2) is 0 Å². The summed E-state index contributed by atoms with van der Waals surface area (Å²) in [4.78, 5) is 24.6. The molecule has 2 amide bonds. The van der Waals surface area contributed by atoms with Crippen LogP contribution in [-0.4, -0.2) is 41.0 Å². The lowest BCUT2D eigenvalue weighted by Crippen LogP contribution is -2.41. The van der Waals surface area contributed by atoms with Gasteiger partial charge in [0.15, 0.2) is 0 Å². The van der Waals surface area contributed by atoms with Gasteiger partial charge in [0.1, 0.15) is 6.10 Å². The van der Waals surface area contributed by atoms with E-state index in [1.54, 1.807) is 4.90 Å². The third kappa shape index (κ3) is 12.3. The van der Waals surface area contributed by atoms with Crippen molar-refractivity contribution in [2.45, 2.75) is 97.0 Å². The van der Waals surface area contributed by atoms with Gasteiger partial charge in [-0.05, 0) is 12.8 Å². The molecule has 0 aliphatic heterocycles. The number of aliphatic hydroxyl groups excluding tert-OH is 1. The Bertz CT molecular complexity index is 335. The molecule has 0 aliphatic rings. The van der Waals surface area contributed by atoms with Crippen molar-refractivity contribution in [1.82, 2.24) is 4.90 Å². The van der Waals surface area contributed by atoms with Crippen LogP contribution in [0.2, 0.25) is 0 Å². The molecule has 0 bridgehead atoms. The highest BCUT2D eigenvalue weighted by Gasteiger charge is 2.22. The van der Waals surface area contributed by atoms with E-state index in [1.165, 1.54) is 51.4 Å². The van der Waals surface area contributed by atoms with E-state index < -0.39 is 12.0 Å². The third-order valence-corrected chi connectivity index (χ3v) is 4.27. The molecule has 0 aromatic heterocycles. The van der Waals surface area contributed by atoms with Crippen LogP contribution in [0.1, 0.15) is 90.9 Å². The lowest BCUT2D eigenvalue weighted by atomic mass is 10.1. The monoisotopic (exact) mass is 342 g/mol. The van der Waals surface area contributed by atoms with Crippen molar-refractivity contribution in [2.24, 2.45) is 5.73 Å². The number of unbranched alkanes of at least 4 members (excludes halogenated alkanes) is 9. The smallest absolute Gasteiger partial charge is 0.251 e. The molecule has 1 unspecified atom stereocenters. The number of primary amides is 1. The predicted octanol–water partition coefficient (Wildman–Crippen LogP) is 3.38. The number of aliphatic hydroxyl groups is 1. The second-order valence-electron chi connectivity index (χ2n) is 6.69. The molecule has 0 saturated heterocycles. The van der Waals surface area contributed by atoms with Gasteiger partial charge in [0, 0.05) is 13.1 Å². The molecule has 0 saturated carbocycles. The zero-order valence-corrected chi connectivity index (χ0v) is 15.8. The molecule has 142 valence electrons. The second-order valence-corrected chi connectivity index (χ2v) is 6.69. The Labute approximate surface area is 148 Å². The fraction of sp³-hybridized carbons (Fsp3) is 0.895. The molecule has 0 aromatic carbocycles. The summed E-state index contributed by atoms with van der Waals surface area (Å²) in [6.07, 6.45) is 11.8. The minimum atomic E-state index is -1.29. The van der Waals surface area contributed by atoms with Crippen molar-refractivity contribution in [2.75, 3.05) is 13.1 Å². The van der Waals surface area contributed by atoms with Crippen molar-refractivity contribution in [3.8, 4) is 0 Å². The molecule has 24 heavy (non-hydrogen) atoms. The molecule has 0 fully saturated rings. The lowest BCUT2D eigenvalue weighted by molar-refractivity contribution is -0.143. The topological polar surface area (TPSA) is 83.6 Å². The van der Waals surface area contributed by atoms with E-state index in [4.69, 9.17) is 5.73 Å². The molecule has 3 N–H and O–H groups in total. The highest BCUT2D eigenvalue weighted by molar-refractivity contribution is 5.86. The maximum absolute atomic E-state index is 12.1. The van der Waals surface area contributed by atoms with Crippen LogP contribution in [-0.2, 0) is 9.59 Å². The van der Waals surface area contributed by atoms with E-state index in [9.17, 15) is 14.7 Å². The molecular formula is C19H38N2O3. The van der Waals surface area contributed by atoms with Crippen LogP contribution in [0.3, 0.4) is 0 Å². The zero-order valence-electron chi connectivity index (χ0n) is 15.8. The fourth-order valence-corrected chi connectivity index (χ4v) is 2.88. The number of nitrogens with zero attached hydrogens (tertiary/aromatic N) is 1. The second kappa shape index (κ2) is 15.4. The Morgan fingerprint density at radius 1 is 0.833 bits per heavy atom. The summed E-state index contributed by atoms with van der Waals surface area (Å²) < 4.78 is 0. The highest BCUT2D eigenvalue weighted by atomic mass is 16.3. The van der Waals surface area contributed by atoms with Crippen LogP contribution in [0.25, 0.3) is 0 Å². The van der Waals surface area contributed by atoms with Crippen molar-refractivity contribution in [1.29, 1.82) is 0 Å². The summed E-state index contributed by atoms with van der Waals surface area (Å²) in [7, 11) is 0. The van der Waals surface area contributed by atoms with Gasteiger partial charge in [-0.3, -0.25) is 9.59 Å². The van der Waals surface area contributed by atoms with Gasteiger partial charge in [-0.25, -0.2) is 0 Å². The number of rotatable bonds is 16. The molecule has 0 aromatic rings. The largest absolute Gasteiger partial charge is 0.383 e. The zero-order chi connectivity index (χ0) is 18.2. The van der Waals surface area contributed by atoms with Crippen molar-refractivity contribution < 1.29 is 14.7 Å². The van der Waals surface area contributed by atoms with E-state index in [-0.39, 0.29) is 12.3 Å². The standard InChI is InChI=1S/C19H38N2O3/c1-3-5-6-7-8-9-10-11-12-13-15-21(14-4-2)19(24)17(22)16-18(20)23/h17,22H,3-16H2,1-2H3,(H2,20,23). The first-order valence-electron chi connectivity index (χ1n) is 9.78. The van der Waals surface area contributed by atoms with Crippen molar-refractivity contribution in [3.63, 3.8) is 0 Å². The molecule has 0 spiro atoms. The third-order valence-electron chi connectivity index (χ3n) is 4.27. The minimum Gasteiger partial charge on any atom is -0.383 e. The van der Waals surface area contributed by atoms with Gasteiger partial charge in [0.05, 0.1) is 6.42 Å². The number of nitrogens with two attached hydrogens (primary N) is 1. The summed E-state index contributed by atoms with van der Waals surface area (Å²) in [6.45, 7) is 5.50. The van der Waals surface area contributed by atoms with Crippen molar-refractivity contribution >= 4 is 11.8 Å². The minimum absolute atomic E-state index is 0.295. The lowest BCUT2D eigenvalue weighted by Gasteiger charge is -2.24. The molecular weight excluding hydrogens is 304 g/mol. The summed E-state index contributed by atoms with van der Waals surface area (Å²) in [5.41, 5.74) is 5.04. The summed E-state index contributed by atoms with van der Waals surface area (Å²) in [5, 5.41) is 9.75. The molecule has 0 heterocycles. The number of hydrogen-bond acceptors (Lipinski definition) is 3.